The molecule has 0 saturated carbocycles. The molecule has 0 spiro atoms. The number of benzene rings is 3. The maximum atomic E-state index is 14.0. The monoisotopic (exact) mass is 571 g/mol. The van der Waals surface area contributed by atoms with Gasteiger partial charge in [0.2, 0.25) is 0 Å². The molecular weight excluding hydrogens is 542 g/mol. The summed E-state index contributed by atoms with van der Waals surface area (Å²) in [5, 5.41) is 4.88. The quantitative estimate of drug-likeness (QED) is 0.104. The second kappa shape index (κ2) is 13.1. The van der Waals surface area contributed by atoms with Crippen molar-refractivity contribution in [3.8, 4) is 22.7 Å². The van der Waals surface area contributed by atoms with E-state index >= 15 is 0 Å². The first-order valence-electron chi connectivity index (χ1n) is 13.4. The molecule has 5 rings (SSSR count). The van der Waals surface area contributed by atoms with Crippen molar-refractivity contribution < 1.29 is 13.9 Å². The largest absolute Gasteiger partial charge is 0.489 e. The summed E-state index contributed by atoms with van der Waals surface area (Å²) in [6.07, 6.45) is 8.14. The van der Waals surface area contributed by atoms with Crippen LogP contribution in [0.4, 0.5) is 4.39 Å². The van der Waals surface area contributed by atoms with E-state index in [-0.39, 0.29) is 18.3 Å². The summed E-state index contributed by atoms with van der Waals surface area (Å²) in [7, 11) is 0. The summed E-state index contributed by atoms with van der Waals surface area (Å²) in [5.74, 6) is 0.281. The van der Waals surface area contributed by atoms with Gasteiger partial charge in [0.05, 0.1) is 16.3 Å². The molecule has 8 heteroatoms. The Hall–Kier alpha value is -3.75. The van der Waals surface area contributed by atoms with Crippen molar-refractivity contribution in [3.63, 3.8) is 0 Å². The van der Waals surface area contributed by atoms with E-state index in [0.29, 0.717) is 27.1 Å². The summed E-state index contributed by atoms with van der Waals surface area (Å²) >= 11 is 6.89. The molecule has 2 heterocycles. The van der Waals surface area contributed by atoms with Crippen molar-refractivity contribution in [1.82, 2.24) is 14.7 Å². The molecule has 0 aliphatic carbocycles. The zero-order valence-corrected chi connectivity index (χ0v) is 23.9. The number of nitrogens with zero attached hydrogens (tertiary/aromatic N) is 3. The van der Waals surface area contributed by atoms with Gasteiger partial charge in [-0.05, 0) is 55.0 Å². The molecule has 1 amide bonds. The third-order valence-corrected chi connectivity index (χ3v) is 8.02. The molecule has 1 saturated heterocycles. The predicted molar refractivity (Wildman–Crippen MR) is 164 cm³/mol. The van der Waals surface area contributed by atoms with Crippen LogP contribution in [0.15, 0.2) is 90.0 Å². The molecule has 1 aromatic heterocycles. The van der Waals surface area contributed by atoms with E-state index in [9.17, 15) is 9.18 Å². The average Bonchev–Trinajstić information content (AvgIpc) is 3.51. The van der Waals surface area contributed by atoms with E-state index in [4.69, 9.17) is 22.1 Å². The third kappa shape index (κ3) is 6.51. The van der Waals surface area contributed by atoms with Crippen LogP contribution in [0.5, 0.6) is 5.75 Å². The summed E-state index contributed by atoms with van der Waals surface area (Å²) in [6, 6.07) is 24.0. The number of halogens is 1. The van der Waals surface area contributed by atoms with E-state index in [0.717, 1.165) is 48.2 Å². The molecule has 3 aromatic carbocycles. The van der Waals surface area contributed by atoms with Gasteiger partial charge in [-0.2, -0.15) is 5.10 Å². The standard InChI is InChI=1S/C32H30FN3O2S2/c1-2-3-4-10-19-35-31(37)29(40-32(35)39)20-25-21-36(26-12-6-5-7-13-26)34-30(25)23-15-17-27(18-16-23)38-22-24-11-8-9-14-28(24)33/h5-9,11-18,20-21H,2-4,10,19,22H2,1H3/b29-20-. The topological polar surface area (TPSA) is 47.4 Å². The number of unbranched alkanes of at least 4 members (excludes halogenated alkanes) is 3. The van der Waals surface area contributed by atoms with Crippen LogP contribution in [0.2, 0.25) is 0 Å². The normalized spacial score (nSPS) is 14.3. The van der Waals surface area contributed by atoms with Gasteiger partial charge in [0.15, 0.2) is 0 Å². The molecule has 0 N–H and O–H groups in total. The molecule has 40 heavy (non-hydrogen) atoms. The molecule has 0 unspecified atom stereocenters. The van der Waals surface area contributed by atoms with E-state index in [1.165, 1.54) is 17.8 Å². The maximum Gasteiger partial charge on any atom is 0.266 e. The number of ether oxygens (including phenoxy) is 1. The number of para-hydroxylation sites is 1. The van der Waals surface area contributed by atoms with Crippen molar-refractivity contribution in [2.24, 2.45) is 0 Å². The number of hydrogen-bond acceptors (Lipinski definition) is 5. The van der Waals surface area contributed by atoms with Crippen molar-refractivity contribution >= 4 is 40.3 Å². The molecule has 0 radical (unpaired) electrons. The van der Waals surface area contributed by atoms with Gasteiger partial charge >= 0.3 is 0 Å². The summed E-state index contributed by atoms with van der Waals surface area (Å²) < 4.78 is 22.2. The molecule has 5 nitrogen and oxygen atoms in total. The van der Waals surface area contributed by atoms with Crippen LogP contribution in [0.1, 0.15) is 43.7 Å². The molecule has 4 aromatic rings. The van der Waals surface area contributed by atoms with Gasteiger partial charge < -0.3 is 4.74 Å². The van der Waals surface area contributed by atoms with Gasteiger partial charge in [-0.25, -0.2) is 9.07 Å². The highest BCUT2D eigenvalue weighted by atomic mass is 32.2. The van der Waals surface area contributed by atoms with E-state index in [2.05, 4.69) is 6.92 Å². The fraction of sp³-hybridized carbons (Fsp3) is 0.219. The second-order valence-electron chi connectivity index (χ2n) is 9.51. The van der Waals surface area contributed by atoms with E-state index in [1.54, 1.807) is 23.1 Å². The number of rotatable bonds is 11. The highest BCUT2D eigenvalue weighted by molar-refractivity contribution is 8.26. The van der Waals surface area contributed by atoms with E-state index in [1.807, 2.05) is 71.6 Å². The smallest absolute Gasteiger partial charge is 0.266 e. The summed E-state index contributed by atoms with van der Waals surface area (Å²) in [4.78, 5) is 15.6. The number of thioether (sulfide) groups is 1. The Bertz CT molecular complexity index is 1520. The second-order valence-corrected chi connectivity index (χ2v) is 11.2. The first-order chi connectivity index (χ1) is 19.5. The Balaban J connectivity index is 1.40. The Morgan fingerprint density at radius 3 is 2.48 bits per heavy atom. The van der Waals surface area contributed by atoms with Crippen molar-refractivity contribution in [1.29, 1.82) is 0 Å². The molecule has 204 valence electrons. The van der Waals surface area contributed by atoms with Crippen molar-refractivity contribution in [2.75, 3.05) is 6.54 Å². The van der Waals surface area contributed by atoms with Gasteiger partial charge in [-0.3, -0.25) is 9.69 Å². The van der Waals surface area contributed by atoms with Crippen LogP contribution in [0, 0.1) is 5.82 Å². The molecular formula is C32H30FN3O2S2. The van der Waals surface area contributed by atoms with Crippen molar-refractivity contribution in [3.05, 3.63) is 107 Å². The van der Waals surface area contributed by atoms with Crippen LogP contribution in [-0.4, -0.2) is 31.5 Å². The summed E-state index contributed by atoms with van der Waals surface area (Å²) in [6.45, 7) is 2.95. The first kappa shape index (κ1) is 27.8. The molecule has 1 fully saturated rings. The average molecular weight is 572 g/mol. The SMILES string of the molecule is CCCCCCN1C(=O)/C(=C/c2cn(-c3ccccc3)nc2-c2ccc(OCc3ccccc3F)cc2)SC1=S. The molecule has 1 aliphatic rings. The minimum atomic E-state index is -0.290. The van der Waals surface area contributed by atoms with Crippen LogP contribution >= 0.6 is 24.0 Å². The van der Waals surface area contributed by atoms with Crippen LogP contribution in [0.3, 0.4) is 0 Å². The van der Waals surface area contributed by atoms with Gasteiger partial charge in [0.1, 0.15) is 22.5 Å². The Labute approximate surface area is 243 Å². The van der Waals surface area contributed by atoms with Crippen molar-refractivity contribution in [2.45, 2.75) is 39.2 Å². The number of thiocarbonyl (C=S) groups is 1. The lowest BCUT2D eigenvalue weighted by atomic mass is 10.1. The van der Waals surface area contributed by atoms with Gasteiger partial charge in [0, 0.05) is 29.4 Å². The number of carbonyl (C=O) groups is 1. The fourth-order valence-electron chi connectivity index (χ4n) is 4.45. The lowest BCUT2D eigenvalue weighted by Crippen LogP contribution is -2.29. The molecule has 0 bridgehead atoms. The fourth-order valence-corrected chi connectivity index (χ4v) is 5.75. The highest BCUT2D eigenvalue weighted by Crippen LogP contribution is 2.35. The summed E-state index contributed by atoms with van der Waals surface area (Å²) in [5.41, 5.74) is 3.83. The Kier molecular flexibility index (Phi) is 9.08. The van der Waals surface area contributed by atoms with Crippen LogP contribution in [0.25, 0.3) is 23.0 Å². The number of hydrogen-bond donors (Lipinski definition) is 0. The van der Waals surface area contributed by atoms with E-state index < -0.39 is 0 Å². The maximum absolute atomic E-state index is 14.0. The van der Waals surface area contributed by atoms with Gasteiger partial charge in [0.25, 0.3) is 5.91 Å². The lowest BCUT2D eigenvalue weighted by molar-refractivity contribution is -0.122. The minimum Gasteiger partial charge on any atom is -0.489 e. The number of aromatic nitrogens is 2. The minimum absolute atomic E-state index is 0.0539. The van der Waals surface area contributed by atoms with Crippen LogP contribution in [-0.2, 0) is 11.4 Å². The zero-order chi connectivity index (χ0) is 27.9. The Morgan fingerprint density at radius 1 is 0.975 bits per heavy atom. The number of amides is 1. The predicted octanol–water partition coefficient (Wildman–Crippen LogP) is 8.04. The highest BCUT2D eigenvalue weighted by Gasteiger charge is 2.32. The van der Waals surface area contributed by atoms with Gasteiger partial charge in [-0.1, -0.05) is 86.6 Å². The van der Waals surface area contributed by atoms with Crippen LogP contribution < -0.4 is 4.74 Å². The number of carbonyl (C=O) groups excluding carboxylic acids is 1. The molecule has 1 aliphatic heterocycles. The zero-order valence-electron chi connectivity index (χ0n) is 22.3. The third-order valence-electron chi connectivity index (χ3n) is 6.64. The first-order valence-corrected chi connectivity index (χ1v) is 14.6. The Morgan fingerprint density at radius 2 is 1.73 bits per heavy atom. The molecule has 0 atom stereocenters. The lowest BCUT2D eigenvalue weighted by Gasteiger charge is -2.13. The van der Waals surface area contributed by atoms with Gasteiger partial charge in [-0.15, -0.1) is 0 Å².